The second kappa shape index (κ2) is 7.44. The van der Waals surface area contributed by atoms with Gasteiger partial charge in [0, 0.05) is 21.7 Å². The Kier molecular flexibility index (Phi) is 5.09. The van der Waals surface area contributed by atoms with Gasteiger partial charge in [-0.05, 0) is 42.8 Å². The molecule has 1 aromatic heterocycles. The van der Waals surface area contributed by atoms with Gasteiger partial charge in [0.15, 0.2) is 0 Å². The molecule has 0 aliphatic heterocycles. The number of hydrogen-bond donors (Lipinski definition) is 2. The van der Waals surface area contributed by atoms with Gasteiger partial charge in [-0.15, -0.1) is 0 Å². The van der Waals surface area contributed by atoms with Crippen molar-refractivity contribution in [2.75, 3.05) is 10.6 Å². The summed E-state index contributed by atoms with van der Waals surface area (Å²) in [7, 11) is 0. The number of anilines is 2. The lowest BCUT2D eigenvalue weighted by Crippen LogP contribution is -2.22. The molecular weight excluding hydrogens is 382 g/mol. The molecule has 0 fully saturated rings. The number of rotatable bonds is 4. The molecule has 0 aliphatic rings. The minimum atomic E-state index is -0.384. The summed E-state index contributed by atoms with van der Waals surface area (Å²) in [6, 6.07) is 14.8. The molecule has 126 valence electrons. The number of benzene rings is 2. The Morgan fingerprint density at radius 2 is 1.72 bits per heavy atom. The summed E-state index contributed by atoms with van der Waals surface area (Å²) in [5, 5.41) is 6.44. The van der Waals surface area contributed by atoms with Gasteiger partial charge in [0.05, 0.1) is 11.2 Å². The average Bonchev–Trinajstić information content (AvgIpc) is 2.57. The van der Waals surface area contributed by atoms with E-state index in [0.717, 1.165) is 15.4 Å². The van der Waals surface area contributed by atoms with E-state index in [0.29, 0.717) is 16.9 Å². The standard InChI is InChI=1S/C19H16BrN3O2/c1-12-10-14(20)7-8-15(12)22-17(24)11-18(25)23-16-6-2-4-13-5-3-9-21-19(13)16/h2-10H,11H2,1H3,(H,22,24)(H,23,25). The number of fused-ring (bicyclic) bond motifs is 1. The largest absolute Gasteiger partial charge is 0.325 e. The second-order valence-electron chi connectivity index (χ2n) is 5.61. The van der Waals surface area contributed by atoms with Gasteiger partial charge in [-0.25, -0.2) is 0 Å². The number of nitrogens with zero attached hydrogens (tertiary/aromatic N) is 1. The number of pyridine rings is 1. The molecule has 0 radical (unpaired) electrons. The first-order valence-corrected chi connectivity index (χ1v) is 8.52. The quantitative estimate of drug-likeness (QED) is 0.645. The number of halogens is 1. The Labute approximate surface area is 153 Å². The number of para-hydroxylation sites is 1. The third kappa shape index (κ3) is 4.22. The molecule has 2 aromatic carbocycles. The number of nitrogens with one attached hydrogen (secondary N) is 2. The maximum Gasteiger partial charge on any atom is 0.233 e. The van der Waals surface area contributed by atoms with Crippen molar-refractivity contribution in [1.29, 1.82) is 0 Å². The first kappa shape index (κ1) is 17.1. The third-order valence-electron chi connectivity index (χ3n) is 3.69. The maximum atomic E-state index is 12.2. The van der Waals surface area contributed by atoms with Crippen molar-refractivity contribution < 1.29 is 9.59 Å². The van der Waals surface area contributed by atoms with Crippen molar-refractivity contribution >= 4 is 50.0 Å². The van der Waals surface area contributed by atoms with Crippen LogP contribution in [0.4, 0.5) is 11.4 Å². The topological polar surface area (TPSA) is 71.1 Å². The van der Waals surface area contributed by atoms with Gasteiger partial charge in [0.1, 0.15) is 6.42 Å². The first-order valence-electron chi connectivity index (χ1n) is 7.72. The number of aromatic nitrogens is 1. The lowest BCUT2D eigenvalue weighted by atomic mass is 10.2. The smallest absolute Gasteiger partial charge is 0.233 e. The van der Waals surface area contributed by atoms with E-state index >= 15 is 0 Å². The van der Waals surface area contributed by atoms with Crippen molar-refractivity contribution in [3.05, 3.63) is 64.8 Å². The Bertz CT molecular complexity index is 951. The molecule has 6 heteroatoms. The molecule has 25 heavy (non-hydrogen) atoms. The van der Waals surface area contributed by atoms with Crippen LogP contribution in [0, 0.1) is 6.92 Å². The van der Waals surface area contributed by atoms with Gasteiger partial charge in [0.25, 0.3) is 0 Å². The molecule has 3 rings (SSSR count). The Balaban J connectivity index is 1.66. The molecule has 2 N–H and O–H groups in total. The summed E-state index contributed by atoms with van der Waals surface area (Å²) in [6.07, 6.45) is 1.40. The van der Waals surface area contributed by atoms with E-state index in [1.165, 1.54) is 0 Å². The second-order valence-corrected chi connectivity index (χ2v) is 6.53. The van der Waals surface area contributed by atoms with E-state index in [1.54, 1.807) is 18.3 Å². The van der Waals surface area contributed by atoms with Crippen molar-refractivity contribution in [3.8, 4) is 0 Å². The maximum absolute atomic E-state index is 12.2. The van der Waals surface area contributed by atoms with Crippen LogP contribution in [0.2, 0.25) is 0 Å². The predicted octanol–water partition coefficient (Wildman–Crippen LogP) is 4.27. The van der Waals surface area contributed by atoms with Gasteiger partial charge >= 0.3 is 0 Å². The first-order chi connectivity index (χ1) is 12.0. The zero-order valence-electron chi connectivity index (χ0n) is 13.5. The van der Waals surface area contributed by atoms with E-state index in [2.05, 4.69) is 31.5 Å². The van der Waals surface area contributed by atoms with Gasteiger partial charge in [-0.3, -0.25) is 14.6 Å². The highest BCUT2D eigenvalue weighted by atomic mass is 79.9. The molecule has 0 saturated heterocycles. The molecule has 2 amide bonds. The molecule has 0 atom stereocenters. The zero-order chi connectivity index (χ0) is 17.8. The highest BCUT2D eigenvalue weighted by Gasteiger charge is 2.12. The highest BCUT2D eigenvalue weighted by Crippen LogP contribution is 2.22. The molecule has 0 spiro atoms. The van der Waals surface area contributed by atoms with Crippen LogP contribution in [-0.2, 0) is 9.59 Å². The van der Waals surface area contributed by atoms with Gasteiger partial charge in [-0.2, -0.15) is 0 Å². The third-order valence-corrected chi connectivity index (χ3v) is 4.18. The van der Waals surface area contributed by atoms with E-state index in [4.69, 9.17) is 0 Å². The van der Waals surface area contributed by atoms with E-state index in [1.807, 2.05) is 43.3 Å². The van der Waals surface area contributed by atoms with E-state index < -0.39 is 0 Å². The number of amides is 2. The summed E-state index contributed by atoms with van der Waals surface area (Å²) in [5.74, 6) is -0.749. The fourth-order valence-electron chi connectivity index (χ4n) is 2.51. The van der Waals surface area contributed by atoms with Crippen LogP contribution in [0.5, 0.6) is 0 Å². The summed E-state index contributed by atoms with van der Waals surface area (Å²) < 4.78 is 0.934. The van der Waals surface area contributed by atoms with Crippen LogP contribution < -0.4 is 10.6 Å². The van der Waals surface area contributed by atoms with Gasteiger partial charge in [-0.1, -0.05) is 34.1 Å². The summed E-state index contributed by atoms with van der Waals surface area (Å²) in [5.41, 5.74) is 2.90. The average molecular weight is 398 g/mol. The lowest BCUT2D eigenvalue weighted by molar-refractivity contribution is -0.123. The minimum Gasteiger partial charge on any atom is -0.325 e. The Hall–Kier alpha value is -2.73. The van der Waals surface area contributed by atoms with Crippen LogP contribution in [0.15, 0.2) is 59.2 Å². The van der Waals surface area contributed by atoms with Crippen LogP contribution in [0.25, 0.3) is 10.9 Å². The predicted molar refractivity (Wildman–Crippen MR) is 102 cm³/mol. The van der Waals surface area contributed by atoms with Crippen molar-refractivity contribution in [1.82, 2.24) is 4.98 Å². The van der Waals surface area contributed by atoms with Gasteiger partial charge < -0.3 is 10.6 Å². The molecule has 0 bridgehead atoms. The molecule has 5 nitrogen and oxygen atoms in total. The summed E-state index contributed by atoms with van der Waals surface area (Å²) in [6.45, 7) is 1.89. The monoisotopic (exact) mass is 397 g/mol. The molecule has 1 heterocycles. The fraction of sp³-hybridized carbons (Fsp3) is 0.105. The Morgan fingerprint density at radius 1 is 1.00 bits per heavy atom. The summed E-state index contributed by atoms with van der Waals surface area (Å²) >= 11 is 3.38. The number of aryl methyl sites for hydroxylation is 1. The Morgan fingerprint density at radius 3 is 2.48 bits per heavy atom. The molecule has 0 saturated carbocycles. The van der Waals surface area contributed by atoms with E-state index in [-0.39, 0.29) is 18.2 Å². The fourth-order valence-corrected chi connectivity index (χ4v) is 2.98. The number of carbonyl (C=O) groups is 2. The van der Waals surface area contributed by atoms with Crippen molar-refractivity contribution in [2.45, 2.75) is 13.3 Å². The van der Waals surface area contributed by atoms with Gasteiger partial charge in [0.2, 0.25) is 11.8 Å². The SMILES string of the molecule is Cc1cc(Br)ccc1NC(=O)CC(=O)Nc1cccc2cccnc12. The molecular formula is C19H16BrN3O2. The molecule has 0 unspecified atom stereocenters. The van der Waals surface area contributed by atoms with Crippen LogP contribution in [-0.4, -0.2) is 16.8 Å². The minimum absolute atomic E-state index is 0.265. The van der Waals surface area contributed by atoms with Crippen molar-refractivity contribution in [3.63, 3.8) is 0 Å². The van der Waals surface area contributed by atoms with E-state index in [9.17, 15) is 9.59 Å². The van der Waals surface area contributed by atoms with Crippen molar-refractivity contribution in [2.24, 2.45) is 0 Å². The lowest BCUT2D eigenvalue weighted by Gasteiger charge is -2.10. The number of hydrogen-bond acceptors (Lipinski definition) is 3. The number of carbonyl (C=O) groups excluding carboxylic acids is 2. The van der Waals surface area contributed by atoms with Crippen LogP contribution in [0.3, 0.4) is 0 Å². The highest BCUT2D eigenvalue weighted by molar-refractivity contribution is 9.10. The molecule has 0 aliphatic carbocycles. The zero-order valence-corrected chi connectivity index (χ0v) is 15.1. The van der Waals surface area contributed by atoms with Crippen LogP contribution >= 0.6 is 15.9 Å². The molecule has 3 aromatic rings. The normalized spacial score (nSPS) is 10.5. The summed E-state index contributed by atoms with van der Waals surface area (Å²) in [4.78, 5) is 28.6. The van der Waals surface area contributed by atoms with Crippen LogP contribution in [0.1, 0.15) is 12.0 Å².